The van der Waals surface area contributed by atoms with Crippen molar-refractivity contribution in [2.75, 3.05) is 13.3 Å². The monoisotopic (exact) mass is 426 g/mol. The van der Waals surface area contributed by atoms with E-state index in [1.54, 1.807) is 24.3 Å². The highest BCUT2D eigenvalue weighted by molar-refractivity contribution is 5.96. The van der Waals surface area contributed by atoms with Gasteiger partial charge in [-0.2, -0.15) is 13.9 Å². The quantitative estimate of drug-likeness (QED) is 0.513. The molecule has 1 unspecified atom stereocenters. The van der Waals surface area contributed by atoms with E-state index < -0.39 is 36.8 Å². The number of ether oxygens (including phenoxy) is 1. The Morgan fingerprint density at radius 3 is 2.74 bits per heavy atom. The minimum atomic E-state index is -3.38. The maximum absolute atomic E-state index is 14.7. The van der Waals surface area contributed by atoms with Gasteiger partial charge in [0.1, 0.15) is 35.6 Å². The van der Waals surface area contributed by atoms with E-state index in [0.717, 1.165) is 16.3 Å². The van der Waals surface area contributed by atoms with Crippen LogP contribution in [0.1, 0.15) is 27.3 Å². The molecule has 0 aliphatic carbocycles. The largest absolute Gasteiger partial charge is 0.485 e. The fourth-order valence-electron chi connectivity index (χ4n) is 3.16. The summed E-state index contributed by atoms with van der Waals surface area (Å²) in [4.78, 5) is 12.7. The standard InChI is InChI=1S/C23H17F3N2O3/c24-13-17(29)8-6-16-7-9-21-19(10-16)28-22(23(25,26)14-31-21)12-18(27-28)20(30)11-15-4-2-1-3-5-15/h1-5,7,9-10,12,17,29H,11,13-14H2. The lowest BCUT2D eigenvalue weighted by Crippen LogP contribution is -2.23. The van der Waals surface area contributed by atoms with Gasteiger partial charge in [0.15, 0.2) is 12.4 Å². The number of benzene rings is 2. The molecule has 8 heteroatoms. The van der Waals surface area contributed by atoms with E-state index in [4.69, 9.17) is 4.74 Å². The molecule has 0 spiro atoms. The number of aromatic nitrogens is 2. The summed E-state index contributed by atoms with van der Waals surface area (Å²) in [7, 11) is 0. The second kappa shape index (κ2) is 8.28. The Morgan fingerprint density at radius 1 is 1.23 bits per heavy atom. The predicted molar refractivity (Wildman–Crippen MR) is 106 cm³/mol. The van der Waals surface area contributed by atoms with Crippen LogP contribution in [0, 0.1) is 11.8 Å². The minimum absolute atomic E-state index is 0.0266. The van der Waals surface area contributed by atoms with Gasteiger partial charge in [-0.05, 0) is 29.8 Å². The Morgan fingerprint density at radius 2 is 2.00 bits per heavy atom. The Hall–Kier alpha value is -3.57. The van der Waals surface area contributed by atoms with E-state index in [-0.39, 0.29) is 23.6 Å². The first-order chi connectivity index (χ1) is 14.9. The van der Waals surface area contributed by atoms with Gasteiger partial charge in [-0.3, -0.25) is 4.79 Å². The number of carbonyl (C=O) groups excluding carboxylic acids is 1. The number of aliphatic hydroxyl groups excluding tert-OH is 1. The number of aliphatic hydroxyl groups is 1. The predicted octanol–water partition coefficient (Wildman–Crippen LogP) is 3.46. The summed E-state index contributed by atoms with van der Waals surface area (Å²) in [6.07, 6.45) is -1.42. The van der Waals surface area contributed by atoms with Gasteiger partial charge in [0, 0.05) is 12.0 Å². The number of hydrogen-bond acceptors (Lipinski definition) is 4. The molecule has 0 saturated heterocycles. The summed E-state index contributed by atoms with van der Waals surface area (Å²) >= 11 is 0. The number of ketones is 1. The Bertz CT molecular complexity index is 1180. The summed E-state index contributed by atoms with van der Waals surface area (Å²) in [5.41, 5.74) is 0.702. The van der Waals surface area contributed by atoms with Gasteiger partial charge < -0.3 is 9.84 Å². The van der Waals surface area contributed by atoms with Crippen molar-refractivity contribution in [2.24, 2.45) is 0 Å². The van der Waals surface area contributed by atoms with Gasteiger partial charge >= 0.3 is 5.92 Å². The van der Waals surface area contributed by atoms with Crippen molar-refractivity contribution >= 4 is 5.78 Å². The number of alkyl halides is 3. The first-order valence-corrected chi connectivity index (χ1v) is 9.45. The van der Waals surface area contributed by atoms with E-state index in [9.17, 15) is 23.1 Å². The summed E-state index contributed by atoms with van der Waals surface area (Å²) in [6, 6.07) is 14.4. The van der Waals surface area contributed by atoms with Crippen molar-refractivity contribution in [1.82, 2.24) is 9.78 Å². The number of rotatable bonds is 4. The number of Topliss-reactive ketones (excluding diaryl/α,β-unsaturated/α-hetero) is 1. The van der Waals surface area contributed by atoms with Crippen molar-refractivity contribution in [3.63, 3.8) is 0 Å². The second-order valence-corrected chi connectivity index (χ2v) is 7.03. The highest BCUT2D eigenvalue weighted by atomic mass is 19.3. The van der Waals surface area contributed by atoms with E-state index in [1.165, 1.54) is 18.2 Å². The Balaban J connectivity index is 1.75. The number of carbonyl (C=O) groups is 1. The van der Waals surface area contributed by atoms with Crippen LogP contribution >= 0.6 is 0 Å². The first kappa shape index (κ1) is 20.7. The molecule has 3 aromatic rings. The molecule has 5 nitrogen and oxygen atoms in total. The first-order valence-electron chi connectivity index (χ1n) is 9.45. The molecule has 1 aromatic heterocycles. The maximum Gasteiger partial charge on any atom is 0.323 e. The van der Waals surface area contributed by atoms with Crippen molar-refractivity contribution < 1.29 is 27.8 Å². The number of hydrogen-bond donors (Lipinski definition) is 1. The summed E-state index contributed by atoms with van der Waals surface area (Å²) in [5.74, 6) is 1.27. The van der Waals surface area contributed by atoms with Crippen molar-refractivity contribution in [3.05, 3.63) is 77.1 Å². The average molecular weight is 426 g/mol. The molecule has 1 aliphatic rings. The zero-order chi connectivity index (χ0) is 22.0. The van der Waals surface area contributed by atoms with Gasteiger partial charge in [0.05, 0.1) is 0 Å². The van der Waals surface area contributed by atoms with Crippen LogP contribution in [0.5, 0.6) is 5.75 Å². The summed E-state index contributed by atoms with van der Waals surface area (Å²) < 4.78 is 48.1. The van der Waals surface area contributed by atoms with E-state index in [0.29, 0.717) is 5.56 Å². The molecule has 0 saturated carbocycles. The molecule has 1 atom stereocenters. The van der Waals surface area contributed by atoms with Crippen LogP contribution in [0.25, 0.3) is 5.69 Å². The van der Waals surface area contributed by atoms with Gasteiger partial charge in [-0.15, -0.1) is 0 Å². The summed E-state index contributed by atoms with van der Waals surface area (Å²) in [5, 5.41) is 13.4. The SMILES string of the molecule is O=C(Cc1ccccc1)c1cc2n(n1)-c1cc(C#CC(O)CF)ccc1OCC2(F)F. The van der Waals surface area contributed by atoms with Crippen LogP contribution in [0.15, 0.2) is 54.6 Å². The molecule has 2 heterocycles. The zero-order valence-electron chi connectivity index (χ0n) is 16.2. The van der Waals surface area contributed by atoms with Crippen LogP contribution < -0.4 is 4.74 Å². The van der Waals surface area contributed by atoms with E-state index >= 15 is 0 Å². The molecule has 0 radical (unpaired) electrons. The molecule has 0 bridgehead atoms. The fourth-order valence-corrected chi connectivity index (χ4v) is 3.16. The van der Waals surface area contributed by atoms with Crippen LogP contribution in [0.3, 0.4) is 0 Å². The molecule has 1 aliphatic heterocycles. The fraction of sp³-hybridized carbons (Fsp3) is 0.217. The van der Waals surface area contributed by atoms with E-state index in [2.05, 4.69) is 16.9 Å². The lowest BCUT2D eigenvalue weighted by molar-refractivity contribution is -0.0487. The molecule has 4 rings (SSSR count). The molecule has 31 heavy (non-hydrogen) atoms. The highest BCUT2D eigenvalue weighted by Gasteiger charge is 2.41. The lowest BCUT2D eigenvalue weighted by Gasteiger charge is -2.12. The number of fused-ring (bicyclic) bond motifs is 3. The van der Waals surface area contributed by atoms with Crippen LogP contribution in [0.4, 0.5) is 13.2 Å². The molecular formula is C23H17F3N2O3. The van der Waals surface area contributed by atoms with Gasteiger partial charge in [-0.25, -0.2) is 9.07 Å². The normalized spacial score (nSPS) is 14.8. The van der Waals surface area contributed by atoms with Gasteiger partial charge in [0.25, 0.3) is 0 Å². The Kier molecular flexibility index (Phi) is 5.53. The third-order valence-corrected chi connectivity index (χ3v) is 4.70. The smallest absolute Gasteiger partial charge is 0.323 e. The van der Waals surface area contributed by atoms with Gasteiger partial charge in [-0.1, -0.05) is 42.2 Å². The third-order valence-electron chi connectivity index (χ3n) is 4.70. The topological polar surface area (TPSA) is 64.4 Å². The zero-order valence-corrected chi connectivity index (χ0v) is 16.2. The van der Waals surface area contributed by atoms with Crippen molar-refractivity contribution in [2.45, 2.75) is 18.4 Å². The minimum Gasteiger partial charge on any atom is -0.485 e. The highest BCUT2D eigenvalue weighted by Crippen LogP contribution is 2.38. The second-order valence-electron chi connectivity index (χ2n) is 7.03. The molecule has 0 fully saturated rings. The molecule has 0 amide bonds. The third kappa shape index (κ3) is 4.32. The lowest BCUT2D eigenvalue weighted by atomic mass is 10.1. The van der Waals surface area contributed by atoms with Crippen molar-refractivity contribution in [1.29, 1.82) is 0 Å². The van der Waals surface area contributed by atoms with E-state index in [1.807, 2.05) is 6.07 Å². The van der Waals surface area contributed by atoms with Crippen LogP contribution in [-0.4, -0.2) is 40.1 Å². The number of nitrogens with zero attached hydrogens (tertiary/aromatic N) is 2. The van der Waals surface area contributed by atoms with Crippen molar-refractivity contribution in [3.8, 4) is 23.3 Å². The summed E-state index contributed by atoms with van der Waals surface area (Å²) in [6.45, 7) is -1.94. The van der Waals surface area contributed by atoms with Crippen LogP contribution in [0.2, 0.25) is 0 Å². The number of halogens is 3. The van der Waals surface area contributed by atoms with Gasteiger partial charge in [0.2, 0.25) is 0 Å². The molecule has 1 N–H and O–H groups in total. The van der Waals surface area contributed by atoms with Crippen LogP contribution in [-0.2, 0) is 12.3 Å². The molecule has 158 valence electrons. The molecular weight excluding hydrogens is 409 g/mol. The maximum atomic E-state index is 14.7. The Labute approximate surface area is 176 Å². The molecule has 2 aromatic carbocycles. The average Bonchev–Trinajstić information content (AvgIpc) is 3.20.